The van der Waals surface area contributed by atoms with Crippen molar-refractivity contribution in [3.05, 3.63) is 11.8 Å². The topological polar surface area (TPSA) is 119 Å². The summed E-state index contributed by atoms with van der Waals surface area (Å²) in [6.07, 6.45) is 2.87. The molecule has 2 saturated carbocycles. The molecule has 1 aliphatic heterocycles. The second-order valence-electron chi connectivity index (χ2n) is 7.59. The van der Waals surface area contributed by atoms with E-state index in [0.717, 1.165) is 24.2 Å². The van der Waals surface area contributed by atoms with Crippen LogP contribution in [0, 0.1) is 30.6 Å². The molecule has 2 bridgehead atoms. The van der Waals surface area contributed by atoms with Crippen LogP contribution in [0.3, 0.4) is 0 Å². The minimum atomic E-state index is -1.04. The number of aryl methyl sites for hydroxylation is 1. The number of carbonyl (C=O) groups is 4. The van der Waals surface area contributed by atoms with Crippen molar-refractivity contribution in [2.24, 2.45) is 23.7 Å². The number of aromatic nitrogens is 1. The van der Waals surface area contributed by atoms with Crippen LogP contribution in [0.4, 0.5) is 5.82 Å². The second-order valence-corrected chi connectivity index (χ2v) is 7.59. The van der Waals surface area contributed by atoms with Crippen molar-refractivity contribution in [2.75, 3.05) is 11.9 Å². The Morgan fingerprint density at radius 2 is 1.93 bits per heavy atom. The molecule has 3 fully saturated rings. The summed E-state index contributed by atoms with van der Waals surface area (Å²) in [6.45, 7) is 2.60. The van der Waals surface area contributed by atoms with E-state index in [0.29, 0.717) is 5.76 Å². The summed E-state index contributed by atoms with van der Waals surface area (Å²) < 4.78 is 9.81. The largest absolute Gasteiger partial charge is 0.454 e. The van der Waals surface area contributed by atoms with E-state index >= 15 is 0 Å². The fourth-order valence-corrected chi connectivity index (χ4v) is 4.78. The van der Waals surface area contributed by atoms with Crippen LogP contribution < -0.4 is 5.32 Å². The number of nitrogens with one attached hydrogen (secondary N) is 1. The maximum atomic E-state index is 12.7. The Balaban J connectivity index is 1.34. The monoisotopic (exact) mass is 375 g/mol. The lowest BCUT2D eigenvalue weighted by molar-refractivity contribution is -0.159. The van der Waals surface area contributed by atoms with Gasteiger partial charge in [0.1, 0.15) is 11.8 Å². The molecule has 5 atom stereocenters. The molecule has 0 unspecified atom stereocenters. The Morgan fingerprint density at radius 1 is 1.30 bits per heavy atom. The van der Waals surface area contributed by atoms with Crippen LogP contribution in [0.1, 0.15) is 31.9 Å². The van der Waals surface area contributed by atoms with Gasteiger partial charge in [-0.25, -0.2) is 4.79 Å². The number of fused-ring (bicyclic) bond motifs is 5. The van der Waals surface area contributed by atoms with Crippen molar-refractivity contribution in [2.45, 2.75) is 39.2 Å². The van der Waals surface area contributed by atoms with Crippen LogP contribution in [0.15, 0.2) is 10.6 Å². The van der Waals surface area contributed by atoms with Crippen LogP contribution in [0.5, 0.6) is 0 Å². The Labute approximate surface area is 155 Å². The summed E-state index contributed by atoms with van der Waals surface area (Å²) in [5, 5.41) is 6.04. The van der Waals surface area contributed by atoms with Crippen LogP contribution >= 0.6 is 0 Å². The normalized spacial score (nSPS) is 29.8. The maximum Gasteiger partial charge on any atom is 0.329 e. The third kappa shape index (κ3) is 2.90. The van der Waals surface area contributed by atoms with Gasteiger partial charge >= 0.3 is 5.97 Å². The molecular weight excluding hydrogens is 354 g/mol. The lowest BCUT2D eigenvalue weighted by atomic mass is 9.81. The van der Waals surface area contributed by atoms with E-state index < -0.39 is 24.5 Å². The minimum absolute atomic E-state index is 0.217. The first-order chi connectivity index (χ1) is 12.9. The molecule has 0 aromatic carbocycles. The fourth-order valence-electron chi connectivity index (χ4n) is 4.78. The van der Waals surface area contributed by atoms with Gasteiger partial charge in [0.05, 0.1) is 11.8 Å². The fraction of sp³-hybridized carbons (Fsp3) is 0.611. The van der Waals surface area contributed by atoms with Crippen LogP contribution in [0.2, 0.25) is 0 Å². The first-order valence-electron chi connectivity index (χ1n) is 9.13. The molecule has 4 rings (SSSR count). The standard InChI is InChI=1S/C18H21N3O6/c1-8-5-12(20-27-8)19-13(22)7-26-18(25)9(2)21-16(23)14-10-3-4-11(6-10)15(14)17(21)24/h5,9-11,14-15H,3-4,6-7H2,1-2H3,(H,19,20,22)/t9-,10+,11+,14+,15+/m1/s1. The molecule has 3 aliphatic rings. The van der Waals surface area contributed by atoms with Crippen molar-refractivity contribution in [1.29, 1.82) is 0 Å². The van der Waals surface area contributed by atoms with Gasteiger partial charge < -0.3 is 14.6 Å². The molecule has 27 heavy (non-hydrogen) atoms. The molecule has 9 heteroatoms. The number of amides is 3. The van der Waals surface area contributed by atoms with E-state index in [1.165, 1.54) is 13.0 Å². The van der Waals surface area contributed by atoms with Gasteiger partial charge in [-0.2, -0.15) is 0 Å². The zero-order valence-electron chi connectivity index (χ0n) is 15.1. The van der Waals surface area contributed by atoms with Gasteiger partial charge in [0.2, 0.25) is 11.8 Å². The number of hydrogen-bond acceptors (Lipinski definition) is 7. The summed E-state index contributed by atoms with van der Waals surface area (Å²) in [7, 11) is 0. The molecule has 1 saturated heterocycles. The number of imide groups is 1. The molecule has 144 valence electrons. The molecule has 2 aliphatic carbocycles. The quantitative estimate of drug-likeness (QED) is 0.599. The molecule has 2 heterocycles. The summed E-state index contributed by atoms with van der Waals surface area (Å²) in [6, 6.07) is 0.480. The number of likely N-dealkylation sites (tertiary alicyclic amines) is 1. The second kappa shape index (κ2) is 6.47. The predicted molar refractivity (Wildman–Crippen MR) is 90.0 cm³/mol. The van der Waals surface area contributed by atoms with Gasteiger partial charge in [-0.1, -0.05) is 5.16 Å². The Hall–Kier alpha value is -2.71. The van der Waals surface area contributed by atoms with Crippen LogP contribution in [0.25, 0.3) is 0 Å². The predicted octanol–water partition coefficient (Wildman–Crippen LogP) is 0.884. The summed E-state index contributed by atoms with van der Waals surface area (Å²) in [5.74, 6) is -1.24. The third-order valence-electron chi connectivity index (χ3n) is 5.93. The van der Waals surface area contributed by atoms with Gasteiger partial charge in [0.25, 0.3) is 5.91 Å². The number of hydrogen-bond donors (Lipinski definition) is 1. The first-order valence-corrected chi connectivity index (χ1v) is 9.13. The van der Waals surface area contributed by atoms with Gasteiger partial charge in [0, 0.05) is 6.07 Å². The molecule has 1 aromatic rings. The number of ether oxygens (including phenoxy) is 1. The zero-order valence-corrected chi connectivity index (χ0v) is 15.1. The number of anilines is 1. The van der Waals surface area contributed by atoms with E-state index in [4.69, 9.17) is 9.26 Å². The van der Waals surface area contributed by atoms with Crippen LogP contribution in [-0.4, -0.2) is 46.4 Å². The zero-order chi connectivity index (χ0) is 19.3. The number of esters is 1. The highest BCUT2D eigenvalue weighted by Crippen LogP contribution is 2.56. The average Bonchev–Trinajstić information content (AvgIpc) is 3.38. The average molecular weight is 375 g/mol. The van der Waals surface area contributed by atoms with Crippen LogP contribution in [-0.2, 0) is 23.9 Å². The van der Waals surface area contributed by atoms with E-state index in [2.05, 4.69) is 10.5 Å². The van der Waals surface area contributed by atoms with E-state index in [1.807, 2.05) is 0 Å². The summed E-state index contributed by atoms with van der Waals surface area (Å²) >= 11 is 0. The van der Waals surface area contributed by atoms with Gasteiger partial charge in [-0.15, -0.1) is 0 Å². The molecule has 1 aromatic heterocycles. The number of carbonyl (C=O) groups excluding carboxylic acids is 4. The molecule has 0 spiro atoms. The highest BCUT2D eigenvalue weighted by Gasteiger charge is 2.62. The van der Waals surface area contributed by atoms with Gasteiger partial charge in [-0.05, 0) is 44.9 Å². The first kappa shape index (κ1) is 17.7. The molecule has 3 amide bonds. The SMILES string of the molecule is Cc1cc(NC(=O)COC(=O)[C@@H](C)N2C(=O)[C@H]3[C@H]4CC[C@@H](C4)[C@@H]3C2=O)no1. The van der Waals surface area contributed by atoms with Crippen molar-refractivity contribution in [1.82, 2.24) is 10.1 Å². The molecule has 1 N–H and O–H groups in total. The van der Waals surface area contributed by atoms with E-state index in [-0.39, 0.29) is 41.3 Å². The van der Waals surface area contributed by atoms with E-state index in [1.54, 1.807) is 6.92 Å². The molecule has 0 radical (unpaired) electrons. The summed E-state index contributed by atoms with van der Waals surface area (Å²) in [4.78, 5) is 50.6. The number of nitrogens with zero attached hydrogens (tertiary/aromatic N) is 2. The smallest absolute Gasteiger partial charge is 0.329 e. The van der Waals surface area contributed by atoms with Gasteiger partial charge in [0.15, 0.2) is 12.4 Å². The molecular formula is C18H21N3O6. The van der Waals surface area contributed by atoms with Crippen molar-refractivity contribution in [3.63, 3.8) is 0 Å². The third-order valence-corrected chi connectivity index (χ3v) is 5.93. The van der Waals surface area contributed by atoms with E-state index in [9.17, 15) is 19.2 Å². The Kier molecular flexibility index (Phi) is 4.24. The number of rotatable bonds is 5. The van der Waals surface area contributed by atoms with Crippen molar-refractivity contribution < 1.29 is 28.4 Å². The van der Waals surface area contributed by atoms with Gasteiger partial charge in [-0.3, -0.25) is 19.3 Å². The molecule has 9 nitrogen and oxygen atoms in total. The highest BCUT2D eigenvalue weighted by molar-refractivity contribution is 6.08. The Bertz CT molecular complexity index is 790. The lowest BCUT2D eigenvalue weighted by Gasteiger charge is -2.22. The highest BCUT2D eigenvalue weighted by atomic mass is 16.5. The van der Waals surface area contributed by atoms with Crippen molar-refractivity contribution in [3.8, 4) is 0 Å². The Morgan fingerprint density at radius 3 is 2.48 bits per heavy atom. The maximum absolute atomic E-state index is 12.7. The lowest BCUT2D eigenvalue weighted by Crippen LogP contribution is -2.45. The minimum Gasteiger partial charge on any atom is -0.454 e. The summed E-state index contributed by atoms with van der Waals surface area (Å²) in [5.41, 5.74) is 0. The van der Waals surface area contributed by atoms with Crippen molar-refractivity contribution >= 4 is 29.5 Å².